The summed E-state index contributed by atoms with van der Waals surface area (Å²) < 4.78 is 1.40. The summed E-state index contributed by atoms with van der Waals surface area (Å²) >= 11 is 13.5. The van der Waals surface area contributed by atoms with Crippen molar-refractivity contribution in [1.82, 2.24) is 14.9 Å². The molecular weight excluding hydrogens is 365 g/mol. The minimum atomic E-state index is 0.458. The Morgan fingerprint density at radius 2 is 2.00 bits per heavy atom. The van der Waals surface area contributed by atoms with Gasteiger partial charge in [0, 0.05) is 16.3 Å². The van der Waals surface area contributed by atoms with Crippen LogP contribution in [0.4, 0.5) is 0 Å². The fourth-order valence-electron chi connectivity index (χ4n) is 2.11. The smallest absolute Gasteiger partial charge is 0.210 e. The summed E-state index contributed by atoms with van der Waals surface area (Å²) in [5.41, 5.74) is 2.29. The van der Waals surface area contributed by atoms with E-state index in [1.165, 1.54) is 16.4 Å². The highest BCUT2D eigenvalue weighted by Crippen LogP contribution is 2.30. The molecule has 1 heterocycles. The molecule has 0 aliphatic carbocycles. The molecule has 0 aliphatic rings. The molecule has 0 saturated carbocycles. The van der Waals surface area contributed by atoms with Gasteiger partial charge in [0.1, 0.15) is 0 Å². The van der Waals surface area contributed by atoms with Gasteiger partial charge in [0.25, 0.3) is 0 Å². The van der Waals surface area contributed by atoms with Crippen molar-refractivity contribution in [2.75, 3.05) is 5.84 Å². The predicted octanol–water partition coefficient (Wildman–Crippen LogP) is 4.13. The van der Waals surface area contributed by atoms with Crippen molar-refractivity contribution in [2.45, 2.75) is 10.9 Å². The van der Waals surface area contributed by atoms with E-state index in [1.807, 2.05) is 18.2 Å². The van der Waals surface area contributed by atoms with Crippen LogP contribution >= 0.6 is 35.0 Å². The van der Waals surface area contributed by atoms with Crippen LogP contribution in [-0.2, 0) is 5.75 Å². The van der Waals surface area contributed by atoms with E-state index in [2.05, 4.69) is 16.3 Å². The second-order valence-electron chi connectivity index (χ2n) is 4.90. The second-order valence-corrected chi connectivity index (χ2v) is 6.69. The van der Waals surface area contributed by atoms with E-state index >= 15 is 0 Å². The molecule has 2 N–H and O–H groups in total. The normalized spacial score (nSPS) is 10.5. The van der Waals surface area contributed by atoms with Gasteiger partial charge >= 0.3 is 0 Å². The molecule has 0 bridgehead atoms. The number of hydrogen-bond acceptors (Lipinski definition) is 5. The number of nitriles is 1. The third-order valence-corrected chi connectivity index (χ3v) is 4.82. The Hall–Kier alpha value is -2.20. The summed E-state index contributed by atoms with van der Waals surface area (Å²) in [5.74, 6) is 7.18. The standard InChI is InChI=1S/C16H11Cl2N5S/c17-12-4-5-13(14(18)7-12)15-21-22-16(23(15)20)24-9-11-3-1-2-10(6-11)8-19/h1-7H,9,20H2. The van der Waals surface area contributed by atoms with Crippen LogP contribution < -0.4 is 5.84 Å². The van der Waals surface area contributed by atoms with Gasteiger partial charge in [-0.2, -0.15) is 5.26 Å². The van der Waals surface area contributed by atoms with Crippen molar-refractivity contribution >= 4 is 35.0 Å². The molecule has 3 aromatic rings. The largest absolute Gasteiger partial charge is 0.335 e. The molecule has 0 unspecified atom stereocenters. The van der Waals surface area contributed by atoms with Gasteiger partial charge < -0.3 is 5.84 Å². The monoisotopic (exact) mass is 375 g/mol. The summed E-state index contributed by atoms with van der Waals surface area (Å²) in [6.07, 6.45) is 0. The minimum Gasteiger partial charge on any atom is -0.335 e. The molecule has 5 nitrogen and oxygen atoms in total. The first kappa shape index (κ1) is 16.7. The summed E-state index contributed by atoms with van der Waals surface area (Å²) in [6.45, 7) is 0. The van der Waals surface area contributed by atoms with Gasteiger partial charge in [-0.1, -0.05) is 47.1 Å². The lowest BCUT2D eigenvalue weighted by Crippen LogP contribution is -2.11. The number of benzene rings is 2. The zero-order chi connectivity index (χ0) is 17.1. The zero-order valence-corrected chi connectivity index (χ0v) is 14.6. The van der Waals surface area contributed by atoms with Crippen molar-refractivity contribution in [1.29, 1.82) is 5.26 Å². The highest BCUT2D eigenvalue weighted by Gasteiger charge is 2.15. The van der Waals surface area contributed by atoms with E-state index in [1.54, 1.807) is 24.3 Å². The summed E-state index contributed by atoms with van der Waals surface area (Å²) in [6, 6.07) is 14.6. The Bertz CT molecular complexity index is 932. The predicted molar refractivity (Wildman–Crippen MR) is 96.3 cm³/mol. The van der Waals surface area contributed by atoms with Crippen molar-refractivity contribution in [2.24, 2.45) is 0 Å². The molecule has 120 valence electrons. The third kappa shape index (κ3) is 3.49. The average molecular weight is 376 g/mol. The van der Waals surface area contributed by atoms with E-state index in [4.69, 9.17) is 34.3 Å². The average Bonchev–Trinajstić information content (AvgIpc) is 2.94. The van der Waals surface area contributed by atoms with Crippen molar-refractivity contribution in [3.8, 4) is 17.5 Å². The topological polar surface area (TPSA) is 80.5 Å². The molecular formula is C16H11Cl2N5S. The van der Waals surface area contributed by atoms with Crippen LogP contribution in [0, 0.1) is 11.3 Å². The van der Waals surface area contributed by atoms with E-state index < -0.39 is 0 Å². The first-order valence-corrected chi connectivity index (χ1v) is 8.60. The molecule has 0 saturated heterocycles. The zero-order valence-electron chi connectivity index (χ0n) is 12.3. The minimum absolute atomic E-state index is 0.458. The van der Waals surface area contributed by atoms with Crippen molar-refractivity contribution < 1.29 is 0 Å². The van der Waals surface area contributed by atoms with Crippen LogP contribution in [0.2, 0.25) is 10.0 Å². The van der Waals surface area contributed by atoms with Crippen LogP contribution in [-0.4, -0.2) is 14.9 Å². The Morgan fingerprint density at radius 3 is 2.75 bits per heavy atom. The lowest BCUT2D eigenvalue weighted by molar-refractivity contribution is 0.849. The Morgan fingerprint density at radius 1 is 1.17 bits per heavy atom. The number of hydrogen-bond donors (Lipinski definition) is 1. The Balaban J connectivity index is 1.81. The Kier molecular flexibility index (Phi) is 4.95. The number of nitrogen functional groups attached to an aromatic ring is 1. The van der Waals surface area contributed by atoms with Gasteiger partial charge in [0.2, 0.25) is 5.16 Å². The molecule has 0 aliphatic heterocycles. The Labute approximate surface area is 153 Å². The molecule has 3 rings (SSSR count). The van der Waals surface area contributed by atoms with E-state index in [0.717, 1.165) is 5.56 Å². The third-order valence-electron chi connectivity index (χ3n) is 3.26. The highest BCUT2D eigenvalue weighted by molar-refractivity contribution is 7.98. The SMILES string of the molecule is N#Cc1cccc(CSc2nnc(-c3ccc(Cl)cc3Cl)n2N)c1. The van der Waals surface area contributed by atoms with Crippen LogP contribution in [0.25, 0.3) is 11.4 Å². The number of nitrogens with two attached hydrogens (primary N) is 1. The summed E-state index contributed by atoms with van der Waals surface area (Å²) in [7, 11) is 0. The molecule has 0 fully saturated rings. The number of nitrogens with zero attached hydrogens (tertiary/aromatic N) is 4. The molecule has 24 heavy (non-hydrogen) atoms. The fraction of sp³-hybridized carbons (Fsp3) is 0.0625. The lowest BCUT2D eigenvalue weighted by Gasteiger charge is -2.06. The maximum absolute atomic E-state index is 8.94. The van der Waals surface area contributed by atoms with E-state index in [9.17, 15) is 0 Å². The second kappa shape index (κ2) is 7.14. The molecule has 0 amide bonds. The maximum atomic E-state index is 8.94. The fourth-order valence-corrected chi connectivity index (χ4v) is 3.40. The van der Waals surface area contributed by atoms with Crippen molar-refractivity contribution in [3.63, 3.8) is 0 Å². The van der Waals surface area contributed by atoms with Gasteiger partial charge in [0.05, 0.1) is 16.7 Å². The first-order valence-electron chi connectivity index (χ1n) is 6.86. The first-order chi connectivity index (χ1) is 11.6. The van der Waals surface area contributed by atoms with E-state index in [0.29, 0.717) is 37.9 Å². The van der Waals surface area contributed by atoms with E-state index in [-0.39, 0.29) is 0 Å². The van der Waals surface area contributed by atoms with Gasteiger partial charge in [-0.3, -0.25) is 0 Å². The molecule has 2 aromatic carbocycles. The van der Waals surface area contributed by atoms with Crippen LogP contribution in [0.1, 0.15) is 11.1 Å². The summed E-state index contributed by atoms with van der Waals surface area (Å²) in [4.78, 5) is 0. The molecule has 0 radical (unpaired) electrons. The molecule has 0 atom stereocenters. The molecule has 1 aromatic heterocycles. The number of thioether (sulfide) groups is 1. The summed E-state index contributed by atoms with van der Waals surface area (Å²) in [5, 5.41) is 18.7. The van der Waals surface area contributed by atoms with Gasteiger partial charge in [-0.15, -0.1) is 10.2 Å². The lowest BCUT2D eigenvalue weighted by atomic mass is 10.2. The number of rotatable bonds is 4. The molecule has 0 spiro atoms. The molecule has 8 heteroatoms. The van der Waals surface area contributed by atoms with Crippen molar-refractivity contribution in [3.05, 3.63) is 63.6 Å². The quantitative estimate of drug-likeness (QED) is 0.547. The van der Waals surface area contributed by atoms with Gasteiger partial charge in [-0.05, 0) is 35.9 Å². The van der Waals surface area contributed by atoms with Crippen LogP contribution in [0.5, 0.6) is 0 Å². The highest BCUT2D eigenvalue weighted by atomic mass is 35.5. The number of aromatic nitrogens is 3. The number of halogens is 2. The maximum Gasteiger partial charge on any atom is 0.210 e. The van der Waals surface area contributed by atoms with Gasteiger partial charge in [0.15, 0.2) is 5.82 Å². The van der Waals surface area contributed by atoms with Gasteiger partial charge in [-0.25, -0.2) is 4.68 Å². The van der Waals surface area contributed by atoms with Crippen LogP contribution in [0.3, 0.4) is 0 Å². The van der Waals surface area contributed by atoms with Crippen LogP contribution in [0.15, 0.2) is 47.6 Å².